The van der Waals surface area contributed by atoms with Crippen LogP contribution in [0, 0.1) is 5.92 Å². The molecule has 0 saturated heterocycles. The molecule has 0 unspecified atom stereocenters. The van der Waals surface area contributed by atoms with E-state index in [1.807, 2.05) is 45.0 Å². The van der Waals surface area contributed by atoms with Gasteiger partial charge in [0.25, 0.3) is 11.5 Å². The van der Waals surface area contributed by atoms with Gasteiger partial charge >= 0.3 is 5.69 Å². The number of nitrogens with two attached hydrogens (primary N) is 1. The lowest BCUT2D eigenvalue weighted by Gasteiger charge is -2.24. The van der Waals surface area contributed by atoms with Gasteiger partial charge in [0.15, 0.2) is 5.69 Å². The average Bonchev–Trinajstić information content (AvgIpc) is 2.68. The molecule has 0 aliphatic carbocycles. The van der Waals surface area contributed by atoms with Crippen molar-refractivity contribution in [3.63, 3.8) is 0 Å². The van der Waals surface area contributed by atoms with Crippen molar-refractivity contribution in [1.29, 1.82) is 0 Å². The van der Waals surface area contributed by atoms with E-state index in [1.54, 1.807) is 6.08 Å². The highest BCUT2D eigenvalue weighted by Gasteiger charge is 2.23. The lowest BCUT2D eigenvalue weighted by Crippen LogP contribution is -2.41. The molecule has 0 fully saturated rings. The van der Waals surface area contributed by atoms with Crippen LogP contribution in [0.4, 0.5) is 11.5 Å². The number of H-pyrrole nitrogens is 1. The van der Waals surface area contributed by atoms with Gasteiger partial charge in [0, 0.05) is 23.6 Å². The Bertz CT molecular complexity index is 1020. The lowest BCUT2D eigenvalue weighted by molar-refractivity contribution is -0.114. The van der Waals surface area contributed by atoms with E-state index >= 15 is 0 Å². The number of amides is 1. The Morgan fingerprint density at radius 3 is 2.70 bits per heavy atom. The molecule has 1 aromatic heterocycles. The van der Waals surface area contributed by atoms with Crippen molar-refractivity contribution in [2.45, 2.75) is 46.6 Å². The summed E-state index contributed by atoms with van der Waals surface area (Å²) in [7, 11) is 0. The highest BCUT2D eigenvalue weighted by atomic mass is 79.9. The van der Waals surface area contributed by atoms with Gasteiger partial charge in [-0.25, -0.2) is 4.79 Å². The van der Waals surface area contributed by atoms with Crippen LogP contribution in [0.3, 0.4) is 0 Å². The predicted molar refractivity (Wildman–Crippen MR) is 126 cm³/mol. The fraction of sp³-hybridized carbons (Fsp3) is 0.409. The number of rotatable bonds is 9. The largest absolute Gasteiger partial charge is 0.383 e. The molecule has 162 valence electrons. The zero-order valence-corrected chi connectivity index (χ0v) is 19.2. The molecular weight excluding hydrogens is 448 g/mol. The van der Waals surface area contributed by atoms with Crippen LogP contribution in [0.2, 0.25) is 0 Å². The van der Waals surface area contributed by atoms with E-state index in [0.29, 0.717) is 25.4 Å². The maximum Gasteiger partial charge on any atom is 0.330 e. The summed E-state index contributed by atoms with van der Waals surface area (Å²) in [5, 5.41) is 0. The monoisotopic (exact) mass is 476 g/mol. The average molecular weight is 477 g/mol. The van der Waals surface area contributed by atoms with Crippen LogP contribution in [-0.2, 0) is 11.3 Å². The number of aromatic nitrogens is 2. The van der Waals surface area contributed by atoms with Crippen LogP contribution in [0.5, 0.6) is 0 Å². The summed E-state index contributed by atoms with van der Waals surface area (Å²) in [5.74, 6) is -0.0284. The summed E-state index contributed by atoms with van der Waals surface area (Å²) in [5.41, 5.74) is 5.87. The molecule has 3 N–H and O–H groups in total. The minimum atomic E-state index is -0.654. The standard InChI is InChI=1S/C22H29BrN4O3/c1-4-5-12-27-20(24)19(21(29)25-22(27)30)26(13-11-15(2)3)18(28)10-9-16-7-6-8-17(23)14-16/h6-10,14-15H,4-5,11-13,24H2,1-3H3,(H,25,29,30)/b10-9+. The third kappa shape index (κ3) is 6.19. The molecule has 8 heteroatoms. The number of carbonyl (C=O) groups excluding carboxylic acids is 1. The maximum absolute atomic E-state index is 13.1. The minimum Gasteiger partial charge on any atom is -0.383 e. The molecule has 0 bridgehead atoms. The number of halogens is 1. The third-order valence-electron chi connectivity index (χ3n) is 4.68. The van der Waals surface area contributed by atoms with E-state index in [2.05, 4.69) is 20.9 Å². The first-order chi connectivity index (χ1) is 14.2. The van der Waals surface area contributed by atoms with E-state index < -0.39 is 11.2 Å². The SMILES string of the molecule is CCCCn1c(N)c(N(CCC(C)C)C(=O)/C=C/c2cccc(Br)c2)c(=O)[nH]c1=O. The molecule has 1 aromatic carbocycles. The maximum atomic E-state index is 13.1. The van der Waals surface area contributed by atoms with Gasteiger partial charge in [0.2, 0.25) is 0 Å². The van der Waals surface area contributed by atoms with Crippen molar-refractivity contribution < 1.29 is 4.79 Å². The molecule has 1 heterocycles. The Morgan fingerprint density at radius 1 is 1.33 bits per heavy atom. The van der Waals surface area contributed by atoms with Crippen molar-refractivity contribution in [2.24, 2.45) is 5.92 Å². The number of nitrogens with zero attached hydrogens (tertiary/aromatic N) is 2. The highest BCUT2D eigenvalue weighted by molar-refractivity contribution is 9.10. The first-order valence-corrected chi connectivity index (χ1v) is 10.9. The Hall–Kier alpha value is -2.61. The number of carbonyl (C=O) groups is 1. The van der Waals surface area contributed by atoms with Crippen LogP contribution in [0.15, 0.2) is 44.4 Å². The number of anilines is 2. The number of benzene rings is 1. The molecule has 0 saturated carbocycles. The van der Waals surface area contributed by atoms with Gasteiger partial charge in [-0.15, -0.1) is 0 Å². The van der Waals surface area contributed by atoms with Crippen LogP contribution in [-0.4, -0.2) is 22.0 Å². The predicted octanol–water partition coefficient (Wildman–Crippen LogP) is 3.77. The van der Waals surface area contributed by atoms with E-state index in [-0.39, 0.29) is 17.4 Å². The van der Waals surface area contributed by atoms with Gasteiger partial charge in [0.1, 0.15) is 5.82 Å². The molecule has 7 nitrogen and oxygen atoms in total. The Balaban J connectivity index is 2.47. The zero-order valence-electron chi connectivity index (χ0n) is 17.7. The Labute approximate surface area is 184 Å². The molecule has 0 atom stereocenters. The van der Waals surface area contributed by atoms with Gasteiger partial charge in [-0.1, -0.05) is 55.3 Å². The number of hydrogen-bond donors (Lipinski definition) is 2. The fourth-order valence-corrected chi connectivity index (χ4v) is 3.38. The molecule has 0 aliphatic heterocycles. The quantitative estimate of drug-likeness (QED) is 0.537. The summed E-state index contributed by atoms with van der Waals surface area (Å²) >= 11 is 3.41. The van der Waals surface area contributed by atoms with Gasteiger partial charge in [-0.2, -0.15) is 0 Å². The van der Waals surface area contributed by atoms with E-state index in [1.165, 1.54) is 15.5 Å². The zero-order chi connectivity index (χ0) is 22.3. The molecule has 2 aromatic rings. The van der Waals surface area contributed by atoms with Crippen LogP contribution >= 0.6 is 15.9 Å². The minimum absolute atomic E-state index is 0.0187. The van der Waals surface area contributed by atoms with Crippen molar-refractivity contribution >= 4 is 39.4 Å². The normalized spacial score (nSPS) is 11.4. The number of hydrogen-bond acceptors (Lipinski definition) is 4. The van der Waals surface area contributed by atoms with Crippen LogP contribution in [0.1, 0.15) is 45.6 Å². The summed E-state index contributed by atoms with van der Waals surface area (Å²) < 4.78 is 2.23. The van der Waals surface area contributed by atoms with Gasteiger partial charge in [-0.3, -0.25) is 19.1 Å². The summed E-state index contributed by atoms with van der Waals surface area (Å²) in [4.78, 5) is 41.6. The van der Waals surface area contributed by atoms with Crippen molar-refractivity contribution in [3.05, 3.63) is 61.2 Å². The van der Waals surface area contributed by atoms with Crippen molar-refractivity contribution in [1.82, 2.24) is 9.55 Å². The first-order valence-electron chi connectivity index (χ1n) is 10.1. The molecule has 0 spiro atoms. The topological polar surface area (TPSA) is 101 Å². The van der Waals surface area contributed by atoms with Crippen molar-refractivity contribution in [2.75, 3.05) is 17.2 Å². The van der Waals surface area contributed by atoms with Gasteiger partial charge in [0.05, 0.1) is 0 Å². The number of unbranched alkanes of at least 4 members (excludes halogenated alkanes) is 1. The molecule has 0 radical (unpaired) electrons. The fourth-order valence-electron chi connectivity index (χ4n) is 2.96. The Morgan fingerprint density at radius 2 is 2.07 bits per heavy atom. The third-order valence-corrected chi connectivity index (χ3v) is 5.18. The molecule has 30 heavy (non-hydrogen) atoms. The lowest BCUT2D eigenvalue weighted by atomic mass is 10.1. The van der Waals surface area contributed by atoms with Crippen molar-refractivity contribution in [3.8, 4) is 0 Å². The van der Waals surface area contributed by atoms with Gasteiger partial charge in [-0.05, 0) is 42.5 Å². The molecular formula is C22H29BrN4O3. The van der Waals surface area contributed by atoms with Crippen LogP contribution in [0.25, 0.3) is 6.08 Å². The van der Waals surface area contributed by atoms with Crippen LogP contribution < -0.4 is 21.9 Å². The summed E-state index contributed by atoms with van der Waals surface area (Å²) in [6, 6.07) is 7.53. The molecule has 2 rings (SSSR count). The second-order valence-corrected chi connectivity index (χ2v) is 8.47. The van der Waals surface area contributed by atoms with E-state index in [0.717, 1.165) is 22.9 Å². The number of nitrogen functional groups attached to an aromatic ring is 1. The van der Waals surface area contributed by atoms with Gasteiger partial charge < -0.3 is 10.6 Å². The summed E-state index contributed by atoms with van der Waals surface area (Å²) in [6.45, 7) is 6.77. The highest BCUT2D eigenvalue weighted by Crippen LogP contribution is 2.20. The van der Waals surface area contributed by atoms with E-state index in [4.69, 9.17) is 5.73 Å². The second-order valence-electron chi connectivity index (χ2n) is 7.56. The molecule has 1 amide bonds. The van der Waals surface area contributed by atoms with E-state index in [9.17, 15) is 14.4 Å². The summed E-state index contributed by atoms with van der Waals surface area (Å²) in [6.07, 6.45) is 5.39. The molecule has 0 aliphatic rings. The number of nitrogens with one attached hydrogen (secondary N) is 1. The smallest absolute Gasteiger partial charge is 0.330 e. The Kier molecular flexibility index (Phi) is 8.65. The second kappa shape index (κ2) is 11.0. The first kappa shape index (κ1) is 23.7. The number of aromatic amines is 1.